The molecule has 3 saturated heterocycles. The molecule has 2 aromatic rings. The second kappa shape index (κ2) is 9.42. The van der Waals surface area contributed by atoms with Crippen molar-refractivity contribution in [3.8, 4) is 0 Å². The third-order valence-corrected chi connectivity index (χ3v) is 8.73. The summed E-state index contributed by atoms with van der Waals surface area (Å²) in [7, 11) is 0. The number of anilines is 2. The van der Waals surface area contributed by atoms with E-state index in [2.05, 4.69) is 10.6 Å². The number of carbonyl (C=O) groups is 3. The Bertz CT molecular complexity index is 1220. The Morgan fingerprint density at radius 3 is 2.54 bits per heavy atom. The van der Waals surface area contributed by atoms with Crippen molar-refractivity contribution in [2.45, 2.75) is 50.9 Å². The highest BCUT2D eigenvalue weighted by Crippen LogP contribution is 2.65. The Labute approximate surface area is 221 Å². The number of amides is 3. The first-order chi connectivity index (χ1) is 17.6. The average molecular weight is 526 g/mol. The Kier molecular flexibility index (Phi) is 6.54. The van der Waals surface area contributed by atoms with Gasteiger partial charge in [0.2, 0.25) is 17.7 Å². The molecular weight excluding hydrogens is 494 g/mol. The molecule has 3 aliphatic heterocycles. The molecule has 0 aromatic heterocycles. The summed E-state index contributed by atoms with van der Waals surface area (Å²) in [5, 5.41) is 15.8. The van der Waals surface area contributed by atoms with E-state index in [9.17, 15) is 19.5 Å². The smallest absolute Gasteiger partial charge is 0.250 e. The number of hydrogen-bond acceptors (Lipinski definition) is 5. The first-order valence-corrected chi connectivity index (χ1v) is 13.0. The van der Waals surface area contributed by atoms with Gasteiger partial charge in [-0.05, 0) is 56.4 Å². The van der Waals surface area contributed by atoms with Crippen molar-refractivity contribution in [2.24, 2.45) is 17.8 Å². The molecule has 196 valence electrons. The van der Waals surface area contributed by atoms with Crippen molar-refractivity contribution < 1.29 is 24.2 Å². The third kappa shape index (κ3) is 3.93. The van der Waals surface area contributed by atoms with Crippen LogP contribution in [0.5, 0.6) is 0 Å². The molecule has 2 bridgehead atoms. The lowest BCUT2D eigenvalue weighted by Gasteiger charge is -2.36. The second-order valence-corrected chi connectivity index (χ2v) is 11.0. The van der Waals surface area contributed by atoms with Gasteiger partial charge in [0.15, 0.2) is 0 Å². The fraction of sp³-hybridized carbons (Fsp3) is 0.464. The van der Waals surface area contributed by atoms with Crippen LogP contribution in [0, 0.1) is 24.7 Å². The minimum absolute atomic E-state index is 0.0711. The van der Waals surface area contributed by atoms with Crippen molar-refractivity contribution in [3.05, 3.63) is 59.1 Å². The molecular formula is C28H32ClN3O5. The topological polar surface area (TPSA) is 108 Å². The van der Waals surface area contributed by atoms with Crippen LogP contribution in [0.3, 0.4) is 0 Å². The minimum atomic E-state index is -1.17. The molecule has 1 spiro atoms. The van der Waals surface area contributed by atoms with Crippen LogP contribution < -0.4 is 10.6 Å². The third-order valence-electron chi connectivity index (χ3n) is 8.41. The van der Waals surface area contributed by atoms with Crippen LogP contribution in [-0.2, 0) is 19.1 Å². The van der Waals surface area contributed by atoms with E-state index in [4.69, 9.17) is 16.3 Å². The molecule has 0 aliphatic carbocycles. The molecule has 2 aromatic carbocycles. The maximum Gasteiger partial charge on any atom is 0.250 e. The lowest BCUT2D eigenvalue weighted by atomic mass is 9.62. The van der Waals surface area contributed by atoms with Crippen LogP contribution in [0.1, 0.15) is 32.3 Å². The number of hydrogen-bond donors (Lipinski definition) is 3. The summed E-state index contributed by atoms with van der Waals surface area (Å²) in [5.74, 6) is -2.68. The molecule has 3 aliphatic rings. The number of para-hydroxylation sites is 2. The summed E-state index contributed by atoms with van der Waals surface area (Å²) >= 11 is 6.39. The first-order valence-electron chi connectivity index (χ1n) is 12.7. The molecule has 3 fully saturated rings. The summed E-state index contributed by atoms with van der Waals surface area (Å²) in [5.41, 5.74) is -0.182. The zero-order valence-corrected chi connectivity index (χ0v) is 21.9. The van der Waals surface area contributed by atoms with Gasteiger partial charge in [-0.3, -0.25) is 14.4 Å². The molecule has 3 N–H and O–H groups in total. The molecule has 3 unspecified atom stereocenters. The highest BCUT2D eigenvalue weighted by Gasteiger charge is 2.79. The zero-order valence-electron chi connectivity index (χ0n) is 21.2. The summed E-state index contributed by atoms with van der Waals surface area (Å²) in [6, 6.07) is 13.5. The number of aliphatic hydroxyl groups is 1. The fourth-order valence-electron chi connectivity index (χ4n) is 6.64. The summed E-state index contributed by atoms with van der Waals surface area (Å²) < 4.78 is 6.69. The van der Waals surface area contributed by atoms with Crippen molar-refractivity contribution in [2.75, 3.05) is 23.8 Å². The van der Waals surface area contributed by atoms with E-state index < -0.39 is 35.0 Å². The standard InChI is InChI=1S/C28H32ClN3O5/c1-16-9-7-12-19(29)22(16)31-25(35)23-28-15-17(2)27(3,37-28)20(21(28)26(36)32(23)13-8-14-33)24(34)30-18-10-5-4-6-11-18/h4-7,9-12,17,20-21,23,33H,8,13-15H2,1-3H3,(H,30,34)(H,31,35)/t17?,20-,21+,23?,27+,28?/m1/s1. The number of likely N-dealkylation sites (tertiary alicyclic amines) is 1. The van der Waals surface area contributed by atoms with E-state index in [-0.39, 0.29) is 30.9 Å². The summed E-state index contributed by atoms with van der Waals surface area (Å²) in [6.07, 6.45) is 0.765. The van der Waals surface area contributed by atoms with Crippen molar-refractivity contribution in [1.29, 1.82) is 0 Å². The number of ether oxygens (including phenoxy) is 1. The molecule has 8 nitrogen and oxygen atoms in total. The Balaban J connectivity index is 1.54. The van der Waals surface area contributed by atoms with Crippen molar-refractivity contribution in [1.82, 2.24) is 4.90 Å². The number of aryl methyl sites for hydroxylation is 1. The zero-order chi connectivity index (χ0) is 26.5. The summed E-state index contributed by atoms with van der Waals surface area (Å²) in [4.78, 5) is 43.1. The number of nitrogens with one attached hydrogen (secondary N) is 2. The molecule has 6 atom stereocenters. The number of benzene rings is 2. The van der Waals surface area contributed by atoms with Crippen LogP contribution in [0.2, 0.25) is 5.02 Å². The average Bonchev–Trinajstić information content (AvgIpc) is 3.37. The predicted molar refractivity (Wildman–Crippen MR) is 140 cm³/mol. The highest BCUT2D eigenvalue weighted by molar-refractivity contribution is 6.34. The number of aliphatic hydroxyl groups excluding tert-OH is 1. The van der Waals surface area contributed by atoms with Gasteiger partial charge >= 0.3 is 0 Å². The number of carbonyl (C=O) groups excluding carboxylic acids is 3. The Hall–Kier alpha value is -2.94. The Morgan fingerprint density at radius 2 is 1.86 bits per heavy atom. The van der Waals surface area contributed by atoms with E-state index in [1.165, 1.54) is 4.90 Å². The van der Waals surface area contributed by atoms with E-state index in [0.29, 0.717) is 29.2 Å². The van der Waals surface area contributed by atoms with Gasteiger partial charge in [-0.25, -0.2) is 0 Å². The molecule has 3 heterocycles. The molecule has 9 heteroatoms. The highest BCUT2D eigenvalue weighted by atomic mass is 35.5. The van der Waals surface area contributed by atoms with Crippen molar-refractivity contribution >= 4 is 40.7 Å². The van der Waals surface area contributed by atoms with E-state index >= 15 is 0 Å². The van der Waals surface area contributed by atoms with Crippen LogP contribution in [0.15, 0.2) is 48.5 Å². The summed E-state index contributed by atoms with van der Waals surface area (Å²) in [6.45, 7) is 5.76. The van der Waals surface area contributed by atoms with E-state index in [1.807, 2.05) is 45.0 Å². The van der Waals surface area contributed by atoms with Crippen LogP contribution in [0.25, 0.3) is 0 Å². The van der Waals surface area contributed by atoms with Gasteiger partial charge in [-0.2, -0.15) is 0 Å². The second-order valence-electron chi connectivity index (χ2n) is 10.6. The monoisotopic (exact) mass is 525 g/mol. The van der Waals surface area contributed by atoms with Gasteiger partial charge in [0.05, 0.1) is 28.1 Å². The van der Waals surface area contributed by atoms with Crippen LogP contribution in [0.4, 0.5) is 11.4 Å². The van der Waals surface area contributed by atoms with E-state index in [1.54, 1.807) is 24.3 Å². The quantitative estimate of drug-likeness (QED) is 0.512. The molecule has 37 heavy (non-hydrogen) atoms. The molecule has 0 radical (unpaired) electrons. The maximum atomic E-state index is 14.0. The number of fused-ring (bicyclic) bond motifs is 1. The molecule has 5 rings (SSSR count). The first kappa shape index (κ1) is 25.7. The van der Waals surface area contributed by atoms with Gasteiger partial charge in [0, 0.05) is 18.8 Å². The van der Waals surface area contributed by atoms with Gasteiger partial charge in [-0.1, -0.05) is 48.9 Å². The predicted octanol–water partition coefficient (Wildman–Crippen LogP) is 3.62. The van der Waals surface area contributed by atoms with Crippen molar-refractivity contribution in [3.63, 3.8) is 0 Å². The number of rotatable bonds is 7. The SMILES string of the molecule is Cc1cccc(Cl)c1NC(=O)C1N(CCCO)C(=O)[C@@H]2[C@H](C(=O)Nc3ccccc3)[C@@]3(C)OC12CC3C. The number of nitrogens with zero attached hydrogens (tertiary/aromatic N) is 1. The van der Waals surface area contributed by atoms with Gasteiger partial charge in [0.1, 0.15) is 11.6 Å². The normalized spacial score (nSPS) is 31.9. The van der Waals surface area contributed by atoms with E-state index in [0.717, 1.165) is 5.56 Å². The molecule has 3 amide bonds. The van der Waals surface area contributed by atoms with Gasteiger partial charge in [-0.15, -0.1) is 0 Å². The minimum Gasteiger partial charge on any atom is -0.396 e. The van der Waals surface area contributed by atoms with Crippen LogP contribution >= 0.6 is 11.6 Å². The maximum absolute atomic E-state index is 14.0. The fourth-order valence-corrected chi connectivity index (χ4v) is 6.91. The molecule has 0 saturated carbocycles. The van der Waals surface area contributed by atoms with Crippen LogP contribution in [-0.4, -0.2) is 58.1 Å². The van der Waals surface area contributed by atoms with Gasteiger partial charge < -0.3 is 25.4 Å². The largest absolute Gasteiger partial charge is 0.396 e. The van der Waals surface area contributed by atoms with Gasteiger partial charge in [0.25, 0.3) is 0 Å². The lowest BCUT2D eigenvalue weighted by molar-refractivity contribution is -0.144. The lowest BCUT2D eigenvalue weighted by Crippen LogP contribution is -2.54. The number of halogens is 1. The Morgan fingerprint density at radius 1 is 1.14 bits per heavy atom.